The molecule has 0 bridgehead atoms. The van der Waals surface area contributed by atoms with Crippen LogP contribution in [0.4, 0.5) is 19.1 Å². The summed E-state index contributed by atoms with van der Waals surface area (Å²) in [6.07, 6.45) is -2.96. The van der Waals surface area contributed by atoms with Gasteiger partial charge in [0.1, 0.15) is 5.52 Å². The summed E-state index contributed by atoms with van der Waals surface area (Å²) in [7, 11) is 0. The first kappa shape index (κ1) is 13.7. The van der Waals surface area contributed by atoms with Gasteiger partial charge in [0, 0.05) is 6.20 Å². The highest BCUT2D eigenvalue weighted by molar-refractivity contribution is 6.31. The van der Waals surface area contributed by atoms with Crippen LogP contribution in [0.2, 0.25) is 5.02 Å². The summed E-state index contributed by atoms with van der Waals surface area (Å²) < 4.78 is 39.2. The lowest BCUT2D eigenvalue weighted by molar-refractivity contribution is -0.137. The Morgan fingerprint density at radius 3 is 2.43 bits per heavy atom. The number of nitrogen functional groups attached to an aromatic ring is 1. The number of anilines is 1. The molecule has 0 saturated carbocycles. The van der Waals surface area contributed by atoms with E-state index in [0.29, 0.717) is 21.9 Å². The standard InChI is InChI=1S/C13H8ClF3N4/c14-8-5-10-11(19-6-8)21(12(18)20-10)9-3-1-7(2-4-9)13(15,16)17/h1-6H,(H2,18,20). The van der Waals surface area contributed by atoms with E-state index in [-0.39, 0.29) is 5.95 Å². The molecule has 0 fully saturated rings. The van der Waals surface area contributed by atoms with Crippen molar-refractivity contribution in [1.82, 2.24) is 14.5 Å². The number of imidazole rings is 1. The van der Waals surface area contributed by atoms with Crippen LogP contribution in [0.3, 0.4) is 0 Å². The molecule has 0 radical (unpaired) electrons. The van der Waals surface area contributed by atoms with Crippen LogP contribution in [0, 0.1) is 0 Å². The molecule has 0 aliphatic heterocycles. The van der Waals surface area contributed by atoms with Gasteiger partial charge in [-0.25, -0.2) is 9.97 Å². The summed E-state index contributed by atoms with van der Waals surface area (Å²) in [5, 5.41) is 0.402. The molecule has 0 aliphatic carbocycles. The predicted molar refractivity (Wildman–Crippen MR) is 73.3 cm³/mol. The Hall–Kier alpha value is -2.28. The van der Waals surface area contributed by atoms with E-state index in [2.05, 4.69) is 9.97 Å². The summed E-state index contributed by atoms with van der Waals surface area (Å²) in [5.74, 6) is 0.125. The van der Waals surface area contributed by atoms with Crippen molar-refractivity contribution in [2.45, 2.75) is 6.18 Å². The number of aromatic nitrogens is 3. The van der Waals surface area contributed by atoms with Gasteiger partial charge in [0.15, 0.2) is 5.65 Å². The maximum Gasteiger partial charge on any atom is 0.416 e. The lowest BCUT2D eigenvalue weighted by Gasteiger charge is -2.09. The Labute approximate surface area is 122 Å². The Kier molecular flexibility index (Phi) is 3.02. The zero-order chi connectivity index (χ0) is 15.2. The predicted octanol–water partition coefficient (Wildman–Crippen LogP) is 3.67. The number of rotatable bonds is 1. The van der Waals surface area contributed by atoms with E-state index >= 15 is 0 Å². The molecular weight excluding hydrogens is 305 g/mol. The third kappa shape index (κ3) is 2.40. The van der Waals surface area contributed by atoms with Crippen LogP contribution < -0.4 is 5.73 Å². The van der Waals surface area contributed by atoms with Gasteiger partial charge < -0.3 is 5.73 Å². The van der Waals surface area contributed by atoms with E-state index in [0.717, 1.165) is 12.1 Å². The molecule has 2 N–H and O–H groups in total. The maximum absolute atomic E-state index is 12.6. The molecule has 0 amide bonds. The molecule has 3 rings (SSSR count). The summed E-state index contributed by atoms with van der Waals surface area (Å²) in [6, 6.07) is 6.18. The van der Waals surface area contributed by atoms with E-state index in [9.17, 15) is 13.2 Å². The molecule has 0 saturated heterocycles. The maximum atomic E-state index is 12.6. The van der Waals surface area contributed by atoms with Gasteiger partial charge in [0.2, 0.25) is 5.95 Å². The molecule has 4 nitrogen and oxygen atoms in total. The minimum Gasteiger partial charge on any atom is -0.369 e. The lowest BCUT2D eigenvalue weighted by Crippen LogP contribution is -2.06. The molecule has 0 atom stereocenters. The zero-order valence-corrected chi connectivity index (χ0v) is 11.2. The van der Waals surface area contributed by atoms with E-state index in [1.165, 1.54) is 22.9 Å². The number of nitrogens with two attached hydrogens (primary N) is 1. The quantitative estimate of drug-likeness (QED) is 0.746. The summed E-state index contributed by atoms with van der Waals surface area (Å²) >= 11 is 5.82. The van der Waals surface area contributed by atoms with Crippen molar-refractivity contribution in [3.8, 4) is 5.69 Å². The highest BCUT2D eigenvalue weighted by Gasteiger charge is 2.30. The van der Waals surface area contributed by atoms with E-state index < -0.39 is 11.7 Å². The largest absolute Gasteiger partial charge is 0.416 e. The van der Waals surface area contributed by atoms with Gasteiger partial charge in [-0.05, 0) is 30.3 Å². The molecule has 1 aromatic carbocycles. The third-order valence-corrected chi connectivity index (χ3v) is 3.15. The van der Waals surface area contributed by atoms with Gasteiger partial charge in [-0.15, -0.1) is 0 Å². The van der Waals surface area contributed by atoms with Crippen molar-refractivity contribution in [1.29, 1.82) is 0 Å². The van der Waals surface area contributed by atoms with Crippen molar-refractivity contribution in [2.75, 3.05) is 5.73 Å². The monoisotopic (exact) mass is 312 g/mol. The number of halogens is 4. The van der Waals surface area contributed by atoms with Crippen molar-refractivity contribution in [3.63, 3.8) is 0 Å². The molecular formula is C13H8ClF3N4. The lowest BCUT2D eigenvalue weighted by atomic mass is 10.2. The van der Waals surface area contributed by atoms with Crippen LogP contribution in [0.1, 0.15) is 5.56 Å². The number of benzene rings is 1. The number of hydrogen-bond acceptors (Lipinski definition) is 3. The molecule has 8 heteroatoms. The average molecular weight is 313 g/mol. The number of alkyl halides is 3. The average Bonchev–Trinajstić information content (AvgIpc) is 2.73. The molecule has 108 valence electrons. The van der Waals surface area contributed by atoms with E-state index in [4.69, 9.17) is 17.3 Å². The molecule has 0 spiro atoms. The highest BCUT2D eigenvalue weighted by atomic mass is 35.5. The minimum absolute atomic E-state index is 0.125. The number of nitrogens with zero attached hydrogens (tertiary/aromatic N) is 3. The van der Waals surface area contributed by atoms with Gasteiger partial charge in [0.25, 0.3) is 0 Å². The fourth-order valence-corrected chi connectivity index (χ4v) is 2.16. The summed E-state index contributed by atoms with van der Waals surface area (Å²) in [5.41, 5.74) is 6.42. The number of pyridine rings is 1. The Morgan fingerprint density at radius 1 is 1.14 bits per heavy atom. The van der Waals surface area contributed by atoms with Crippen molar-refractivity contribution in [3.05, 3.63) is 47.1 Å². The Morgan fingerprint density at radius 2 is 1.81 bits per heavy atom. The first-order valence-corrected chi connectivity index (χ1v) is 6.21. The fourth-order valence-electron chi connectivity index (χ4n) is 2.01. The van der Waals surface area contributed by atoms with Crippen LogP contribution in [-0.2, 0) is 6.18 Å². The molecule has 2 aromatic heterocycles. The van der Waals surface area contributed by atoms with Gasteiger partial charge >= 0.3 is 6.18 Å². The van der Waals surface area contributed by atoms with Crippen LogP contribution in [0.15, 0.2) is 36.5 Å². The fraction of sp³-hybridized carbons (Fsp3) is 0.0769. The second-order valence-electron chi connectivity index (χ2n) is 4.35. The van der Waals surface area contributed by atoms with Gasteiger partial charge in [-0.3, -0.25) is 4.57 Å². The summed E-state index contributed by atoms with van der Waals surface area (Å²) in [4.78, 5) is 8.21. The van der Waals surface area contributed by atoms with Gasteiger partial charge in [0.05, 0.1) is 16.3 Å². The molecule has 0 aliphatic rings. The van der Waals surface area contributed by atoms with Crippen LogP contribution in [0.5, 0.6) is 0 Å². The minimum atomic E-state index is -4.38. The molecule has 0 unspecified atom stereocenters. The van der Waals surface area contributed by atoms with Gasteiger partial charge in [-0.1, -0.05) is 11.6 Å². The van der Waals surface area contributed by atoms with Crippen molar-refractivity contribution in [2.24, 2.45) is 0 Å². The second-order valence-corrected chi connectivity index (χ2v) is 4.78. The molecule has 3 aromatic rings. The SMILES string of the molecule is Nc1nc2cc(Cl)cnc2n1-c1ccc(C(F)(F)F)cc1. The van der Waals surface area contributed by atoms with E-state index in [1.807, 2.05) is 0 Å². The van der Waals surface area contributed by atoms with Crippen LogP contribution >= 0.6 is 11.6 Å². The highest BCUT2D eigenvalue weighted by Crippen LogP contribution is 2.30. The van der Waals surface area contributed by atoms with Crippen molar-refractivity contribution < 1.29 is 13.2 Å². The van der Waals surface area contributed by atoms with E-state index in [1.54, 1.807) is 6.07 Å². The van der Waals surface area contributed by atoms with Crippen LogP contribution in [-0.4, -0.2) is 14.5 Å². The second kappa shape index (κ2) is 4.63. The molecule has 21 heavy (non-hydrogen) atoms. The number of fused-ring (bicyclic) bond motifs is 1. The first-order valence-electron chi connectivity index (χ1n) is 5.83. The zero-order valence-electron chi connectivity index (χ0n) is 10.4. The Balaban J connectivity index is 2.14. The topological polar surface area (TPSA) is 56.7 Å². The third-order valence-electron chi connectivity index (χ3n) is 2.94. The summed E-state index contributed by atoms with van der Waals surface area (Å²) in [6.45, 7) is 0. The smallest absolute Gasteiger partial charge is 0.369 e. The van der Waals surface area contributed by atoms with Crippen LogP contribution in [0.25, 0.3) is 16.9 Å². The Bertz CT molecular complexity index is 809. The normalized spacial score (nSPS) is 12.0. The first-order chi connectivity index (χ1) is 9.86. The number of hydrogen-bond donors (Lipinski definition) is 1. The molecule has 2 heterocycles. The van der Waals surface area contributed by atoms with Gasteiger partial charge in [-0.2, -0.15) is 13.2 Å². The van der Waals surface area contributed by atoms with Crippen molar-refractivity contribution >= 4 is 28.7 Å².